The summed E-state index contributed by atoms with van der Waals surface area (Å²) in [5, 5.41) is 0. The molecule has 0 saturated carbocycles. The van der Waals surface area contributed by atoms with Gasteiger partial charge in [-0.1, -0.05) is 32.9 Å². The Labute approximate surface area is 111 Å². The van der Waals surface area contributed by atoms with Gasteiger partial charge >= 0.3 is 0 Å². The highest BCUT2D eigenvalue weighted by Crippen LogP contribution is 2.30. The summed E-state index contributed by atoms with van der Waals surface area (Å²) in [6, 6.07) is 9.75. The summed E-state index contributed by atoms with van der Waals surface area (Å²) in [6.07, 6.45) is 3.64. The molecule has 2 rings (SSSR count). The smallest absolute Gasteiger partial charge is 0.0369 e. The summed E-state index contributed by atoms with van der Waals surface area (Å²) in [4.78, 5) is 2.56. The van der Waals surface area contributed by atoms with E-state index in [1.807, 2.05) is 0 Å². The molecule has 2 nitrogen and oxygen atoms in total. The van der Waals surface area contributed by atoms with Crippen molar-refractivity contribution in [1.82, 2.24) is 0 Å². The van der Waals surface area contributed by atoms with Gasteiger partial charge in [-0.25, -0.2) is 0 Å². The first-order chi connectivity index (χ1) is 8.63. The zero-order valence-corrected chi connectivity index (χ0v) is 11.9. The second kappa shape index (κ2) is 5.75. The van der Waals surface area contributed by atoms with E-state index < -0.39 is 0 Å². The Hall–Kier alpha value is -1.02. The Kier molecular flexibility index (Phi) is 4.28. The molecule has 1 aromatic rings. The second-order valence-electron chi connectivity index (χ2n) is 5.75. The minimum Gasteiger partial charge on any atom is -0.368 e. The van der Waals surface area contributed by atoms with E-state index >= 15 is 0 Å². The number of nitrogens with two attached hydrogens (primary N) is 1. The predicted molar refractivity (Wildman–Crippen MR) is 78.9 cm³/mol. The third kappa shape index (κ3) is 2.69. The lowest BCUT2D eigenvalue weighted by molar-refractivity contribution is 0.492. The van der Waals surface area contributed by atoms with Crippen LogP contribution < -0.4 is 10.6 Å². The van der Waals surface area contributed by atoms with Gasteiger partial charge in [0, 0.05) is 24.3 Å². The van der Waals surface area contributed by atoms with E-state index in [9.17, 15) is 0 Å². The van der Waals surface area contributed by atoms with E-state index in [1.165, 1.54) is 30.6 Å². The zero-order valence-electron chi connectivity index (χ0n) is 11.9. The van der Waals surface area contributed by atoms with E-state index in [-0.39, 0.29) is 6.04 Å². The summed E-state index contributed by atoms with van der Waals surface area (Å²) in [5.74, 6) is 0.727. The summed E-state index contributed by atoms with van der Waals surface area (Å²) in [5.41, 5.74) is 8.67. The van der Waals surface area contributed by atoms with E-state index in [1.54, 1.807) is 0 Å². The minimum absolute atomic E-state index is 0.179. The summed E-state index contributed by atoms with van der Waals surface area (Å²) in [6.45, 7) is 7.98. The largest absolute Gasteiger partial charge is 0.368 e. The normalized spacial score (nSPS) is 21.6. The van der Waals surface area contributed by atoms with Crippen LogP contribution in [-0.4, -0.2) is 12.6 Å². The standard InChI is InChI=1S/C16H26N2/c1-4-15(17)13-7-9-14(10-8-13)18-11-5-6-16(18)12(2)3/h7-10,12,15-16H,4-6,11,17H2,1-3H3. The molecule has 1 aromatic carbocycles. The molecule has 0 spiro atoms. The zero-order chi connectivity index (χ0) is 13.1. The van der Waals surface area contributed by atoms with Crippen molar-refractivity contribution in [1.29, 1.82) is 0 Å². The molecule has 0 bridgehead atoms. The Morgan fingerprint density at radius 1 is 1.28 bits per heavy atom. The monoisotopic (exact) mass is 246 g/mol. The van der Waals surface area contributed by atoms with Gasteiger partial charge < -0.3 is 10.6 Å². The van der Waals surface area contributed by atoms with Crippen molar-refractivity contribution in [2.24, 2.45) is 11.7 Å². The number of hydrogen-bond acceptors (Lipinski definition) is 2. The molecular weight excluding hydrogens is 220 g/mol. The van der Waals surface area contributed by atoms with Crippen molar-refractivity contribution in [2.75, 3.05) is 11.4 Å². The fourth-order valence-corrected chi connectivity index (χ4v) is 2.95. The molecule has 18 heavy (non-hydrogen) atoms. The molecule has 1 aliphatic heterocycles. The van der Waals surface area contributed by atoms with Gasteiger partial charge in [-0.15, -0.1) is 0 Å². The minimum atomic E-state index is 0.179. The molecule has 2 heteroatoms. The first kappa shape index (κ1) is 13.4. The molecule has 100 valence electrons. The lowest BCUT2D eigenvalue weighted by atomic mass is 10.0. The van der Waals surface area contributed by atoms with Crippen molar-refractivity contribution in [3.05, 3.63) is 29.8 Å². The maximum absolute atomic E-state index is 6.06. The lowest BCUT2D eigenvalue weighted by Crippen LogP contribution is -2.33. The second-order valence-corrected chi connectivity index (χ2v) is 5.75. The molecule has 1 heterocycles. The van der Waals surface area contributed by atoms with Crippen molar-refractivity contribution < 1.29 is 0 Å². The highest BCUT2D eigenvalue weighted by molar-refractivity contribution is 5.50. The maximum Gasteiger partial charge on any atom is 0.0369 e. The third-order valence-electron chi connectivity index (χ3n) is 4.16. The van der Waals surface area contributed by atoms with Crippen molar-refractivity contribution in [2.45, 2.75) is 52.1 Å². The first-order valence-electron chi connectivity index (χ1n) is 7.25. The maximum atomic E-state index is 6.06. The van der Waals surface area contributed by atoms with Crippen LogP contribution >= 0.6 is 0 Å². The van der Waals surface area contributed by atoms with E-state index in [2.05, 4.69) is 49.9 Å². The van der Waals surface area contributed by atoms with Crippen LogP contribution in [0.2, 0.25) is 0 Å². The van der Waals surface area contributed by atoms with Crippen LogP contribution in [0.3, 0.4) is 0 Å². The average Bonchev–Trinajstić information content (AvgIpc) is 2.87. The molecule has 0 amide bonds. The van der Waals surface area contributed by atoms with Gasteiger partial charge in [0.2, 0.25) is 0 Å². The molecular formula is C16H26N2. The topological polar surface area (TPSA) is 29.3 Å². The Balaban J connectivity index is 2.14. The average molecular weight is 246 g/mol. The highest BCUT2D eigenvalue weighted by Gasteiger charge is 2.27. The van der Waals surface area contributed by atoms with Gasteiger partial charge in [-0.3, -0.25) is 0 Å². The number of rotatable bonds is 4. The van der Waals surface area contributed by atoms with Crippen LogP contribution in [0.25, 0.3) is 0 Å². The van der Waals surface area contributed by atoms with Crippen LogP contribution in [0.4, 0.5) is 5.69 Å². The Morgan fingerprint density at radius 2 is 1.94 bits per heavy atom. The van der Waals surface area contributed by atoms with Crippen molar-refractivity contribution in [3.63, 3.8) is 0 Å². The number of benzene rings is 1. The fraction of sp³-hybridized carbons (Fsp3) is 0.625. The SMILES string of the molecule is CCC(N)c1ccc(N2CCCC2C(C)C)cc1. The molecule has 0 aliphatic carbocycles. The van der Waals surface area contributed by atoms with Crippen LogP contribution in [0.15, 0.2) is 24.3 Å². The summed E-state index contributed by atoms with van der Waals surface area (Å²) < 4.78 is 0. The molecule has 2 atom stereocenters. The molecule has 1 aliphatic rings. The van der Waals surface area contributed by atoms with E-state index in [0.717, 1.165) is 12.3 Å². The van der Waals surface area contributed by atoms with Gasteiger partial charge in [0.05, 0.1) is 0 Å². The Bertz CT molecular complexity index is 369. The third-order valence-corrected chi connectivity index (χ3v) is 4.16. The summed E-state index contributed by atoms with van der Waals surface area (Å²) >= 11 is 0. The van der Waals surface area contributed by atoms with E-state index in [4.69, 9.17) is 5.73 Å². The predicted octanol–water partition coefficient (Wildman–Crippen LogP) is 3.72. The Morgan fingerprint density at radius 3 is 2.50 bits per heavy atom. The molecule has 1 saturated heterocycles. The molecule has 2 N–H and O–H groups in total. The van der Waals surface area contributed by atoms with Crippen LogP contribution in [-0.2, 0) is 0 Å². The summed E-state index contributed by atoms with van der Waals surface area (Å²) in [7, 11) is 0. The number of nitrogens with zero attached hydrogens (tertiary/aromatic N) is 1. The molecule has 0 aromatic heterocycles. The van der Waals surface area contributed by atoms with Gasteiger partial charge in [0.25, 0.3) is 0 Å². The van der Waals surface area contributed by atoms with Crippen LogP contribution in [0.5, 0.6) is 0 Å². The van der Waals surface area contributed by atoms with Crippen LogP contribution in [0, 0.1) is 5.92 Å². The number of anilines is 1. The van der Waals surface area contributed by atoms with Gasteiger partial charge in [-0.2, -0.15) is 0 Å². The van der Waals surface area contributed by atoms with Crippen LogP contribution in [0.1, 0.15) is 51.6 Å². The number of hydrogen-bond donors (Lipinski definition) is 1. The van der Waals surface area contributed by atoms with Crippen molar-refractivity contribution in [3.8, 4) is 0 Å². The fourth-order valence-electron chi connectivity index (χ4n) is 2.95. The van der Waals surface area contributed by atoms with Gasteiger partial charge in [0.1, 0.15) is 0 Å². The van der Waals surface area contributed by atoms with E-state index in [0.29, 0.717) is 6.04 Å². The van der Waals surface area contributed by atoms with Gasteiger partial charge in [0.15, 0.2) is 0 Å². The quantitative estimate of drug-likeness (QED) is 0.877. The lowest BCUT2D eigenvalue weighted by Gasteiger charge is -2.30. The van der Waals surface area contributed by atoms with Gasteiger partial charge in [-0.05, 0) is 42.9 Å². The highest BCUT2D eigenvalue weighted by atomic mass is 15.2. The first-order valence-corrected chi connectivity index (χ1v) is 7.25. The molecule has 1 fully saturated rings. The van der Waals surface area contributed by atoms with Crippen molar-refractivity contribution >= 4 is 5.69 Å². The molecule has 2 unspecified atom stereocenters. The molecule has 0 radical (unpaired) electrons.